The third-order valence-electron chi connectivity index (χ3n) is 3.76. The molecule has 21 heavy (non-hydrogen) atoms. The van der Waals surface area contributed by atoms with Crippen molar-refractivity contribution < 1.29 is 18.8 Å². The third-order valence-corrected chi connectivity index (χ3v) is 3.76. The highest BCUT2D eigenvalue weighted by Gasteiger charge is 2.34. The lowest BCUT2D eigenvalue weighted by molar-refractivity contribution is -0.139. The number of ether oxygens (including phenoxy) is 1. The Balaban J connectivity index is 2.11. The minimum Gasteiger partial charge on any atom is -0.468 e. The second-order valence-electron chi connectivity index (χ2n) is 5.04. The number of nitrogens with zero attached hydrogens (tertiary/aromatic N) is 2. The van der Waals surface area contributed by atoms with Crippen LogP contribution in [0.2, 0.25) is 0 Å². The van der Waals surface area contributed by atoms with Crippen LogP contribution in [0.5, 0.6) is 0 Å². The van der Waals surface area contributed by atoms with Crippen LogP contribution in [-0.4, -0.2) is 42.3 Å². The Morgan fingerprint density at radius 3 is 2.95 bits per heavy atom. The van der Waals surface area contributed by atoms with E-state index >= 15 is 0 Å². The van der Waals surface area contributed by atoms with Crippen LogP contribution in [0.15, 0.2) is 4.52 Å². The Bertz CT molecular complexity index is 526. The van der Waals surface area contributed by atoms with Crippen LogP contribution in [0.4, 0.5) is 4.79 Å². The van der Waals surface area contributed by atoms with Gasteiger partial charge in [0, 0.05) is 18.5 Å². The standard InChI is InChI=1S/C14H21N3O4/c1-4-11-13(9(2)16-21-11)10-6-5-7-17(10)14(19)15-8-12(18)20-3/h10H,4-8H2,1-3H3,(H,15,19)/t10-/m0/s1. The molecule has 1 fully saturated rings. The van der Waals surface area contributed by atoms with Gasteiger partial charge < -0.3 is 19.5 Å². The molecule has 2 rings (SSSR count). The lowest BCUT2D eigenvalue weighted by Crippen LogP contribution is -2.42. The molecule has 0 bridgehead atoms. The van der Waals surface area contributed by atoms with Crippen molar-refractivity contribution in [2.75, 3.05) is 20.2 Å². The number of hydrogen-bond donors (Lipinski definition) is 1. The summed E-state index contributed by atoms with van der Waals surface area (Å²) in [5.74, 6) is 0.361. The molecule has 0 aromatic carbocycles. The molecule has 2 amide bonds. The minimum atomic E-state index is -0.463. The Labute approximate surface area is 123 Å². The normalized spacial score (nSPS) is 17.9. The molecule has 1 atom stereocenters. The smallest absolute Gasteiger partial charge is 0.325 e. The van der Waals surface area contributed by atoms with Crippen LogP contribution in [0.25, 0.3) is 0 Å². The van der Waals surface area contributed by atoms with Crippen molar-refractivity contribution >= 4 is 12.0 Å². The summed E-state index contributed by atoms with van der Waals surface area (Å²) in [6, 6.07) is -0.297. The summed E-state index contributed by atoms with van der Waals surface area (Å²) in [4.78, 5) is 25.1. The van der Waals surface area contributed by atoms with Crippen molar-refractivity contribution in [3.63, 3.8) is 0 Å². The summed E-state index contributed by atoms with van der Waals surface area (Å²) in [7, 11) is 1.29. The second kappa shape index (κ2) is 6.60. The Kier molecular flexibility index (Phi) is 4.82. The molecule has 0 spiro atoms. The van der Waals surface area contributed by atoms with Crippen LogP contribution in [0.3, 0.4) is 0 Å². The van der Waals surface area contributed by atoms with Gasteiger partial charge in [-0.2, -0.15) is 0 Å². The van der Waals surface area contributed by atoms with Crippen LogP contribution in [0, 0.1) is 6.92 Å². The molecule has 7 nitrogen and oxygen atoms in total. The average molecular weight is 295 g/mol. The molecule has 1 saturated heterocycles. The van der Waals surface area contributed by atoms with Gasteiger partial charge in [-0.15, -0.1) is 0 Å². The summed E-state index contributed by atoms with van der Waals surface area (Å²) in [5, 5.41) is 6.59. The van der Waals surface area contributed by atoms with E-state index in [1.165, 1.54) is 7.11 Å². The van der Waals surface area contributed by atoms with Crippen molar-refractivity contribution in [2.45, 2.75) is 39.2 Å². The summed E-state index contributed by atoms with van der Waals surface area (Å²) in [6.45, 7) is 4.42. The first kappa shape index (κ1) is 15.3. The molecule has 1 aromatic rings. The highest BCUT2D eigenvalue weighted by molar-refractivity contribution is 5.81. The van der Waals surface area contributed by atoms with Gasteiger partial charge in [-0.1, -0.05) is 12.1 Å². The van der Waals surface area contributed by atoms with Crippen LogP contribution < -0.4 is 5.32 Å². The van der Waals surface area contributed by atoms with Crippen molar-refractivity contribution in [3.05, 3.63) is 17.0 Å². The number of carbonyl (C=O) groups excluding carboxylic acids is 2. The number of hydrogen-bond acceptors (Lipinski definition) is 5. The maximum absolute atomic E-state index is 12.2. The maximum atomic E-state index is 12.2. The van der Waals surface area contributed by atoms with E-state index in [0.29, 0.717) is 6.54 Å². The van der Waals surface area contributed by atoms with Gasteiger partial charge in [0.05, 0.1) is 18.8 Å². The van der Waals surface area contributed by atoms with E-state index in [9.17, 15) is 9.59 Å². The first-order valence-electron chi connectivity index (χ1n) is 7.14. The number of methoxy groups -OCH3 is 1. The molecule has 116 valence electrons. The van der Waals surface area contributed by atoms with Gasteiger partial charge in [0.15, 0.2) is 0 Å². The molecule has 0 radical (unpaired) electrons. The molecule has 7 heteroatoms. The molecule has 0 saturated carbocycles. The zero-order valence-corrected chi connectivity index (χ0v) is 12.6. The third kappa shape index (κ3) is 3.17. The topological polar surface area (TPSA) is 84.7 Å². The van der Waals surface area contributed by atoms with E-state index in [0.717, 1.165) is 36.3 Å². The summed E-state index contributed by atoms with van der Waals surface area (Å²) < 4.78 is 9.84. The fourth-order valence-electron chi connectivity index (χ4n) is 2.74. The second-order valence-corrected chi connectivity index (χ2v) is 5.04. The van der Waals surface area contributed by atoms with E-state index in [1.807, 2.05) is 13.8 Å². The van der Waals surface area contributed by atoms with Crippen LogP contribution in [-0.2, 0) is 16.0 Å². The van der Waals surface area contributed by atoms with Crippen molar-refractivity contribution in [1.82, 2.24) is 15.4 Å². The molecule has 1 aromatic heterocycles. The summed E-state index contributed by atoms with van der Waals surface area (Å²) in [6.07, 6.45) is 2.54. The number of rotatable bonds is 4. The highest BCUT2D eigenvalue weighted by atomic mass is 16.5. The number of likely N-dealkylation sites (tertiary alicyclic amines) is 1. The Morgan fingerprint density at radius 1 is 1.52 bits per heavy atom. The molecule has 0 aliphatic carbocycles. The zero-order valence-electron chi connectivity index (χ0n) is 12.6. The van der Waals surface area contributed by atoms with E-state index in [1.54, 1.807) is 4.90 Å². The molecule has 2 heterocycles. The lowest BCUT2D eigenvalue weighted by Gasteiger charge is -2.25. The Hall–Kier alpha value is -2.05. The van der Waals surface area contributed by atoms with E-state index in [2.05, 4.69) is 15.2 Å². The van der Waals surface area contributed by atoms with Crippen LogP contribution in [0.1, 0.15) is 42.8 Å². The van der Waals surface area contributed by atoms with Crippen molar-refractivity contribution in [3.8, 4) is 0 Å². The number of carbonyl (C=O) groups is 2. The van der Waals surface area contributed by atoms with Crippen molar-refractivity contribution in [2.24, 2.45) is 0 Å². The minimum absolute atomic E-state index is 0.0381. The predicted molar refractivity (Wildman–Crippen MR) is 74.7 cm³/mol. The highest BCUT2D eigenvalue weighted by Crippen LogP contribution is 2.35. The molecular weight excluding hydrogens is 274 g/mol. The molecular formula is C14H21N3O4. The molecule has 0 unspecified atom stereocenters. The fourth-order valence-corrected chi connectivity index (χ4v) is 2.74. The fraction of sp³-hybridized carbons (Fsp3) is 0.643. The number of urea groups is 1. The number of aryl methyl sites for hydroxylation is 2. The zero-order chi connectivity index (χ0) is 15.4. The van der Waals surface area contributed by atoms with Gasteiger partial charge in [-0.3, -0.25) is 4.79 Å². The molecule has 1 N–H and O–H groups in total. The maximum Gasteiger partial charge on any atom is 0.325 e. The van der Waals surface area contributed by atoms with E-state index in [-0.39, 0.29) is 18.6 Å². The van der Waals surface area contributed by atoms with Gasteiger partial charge in [0.1, 0.15) is 12.3 Å². The SMILES string of the molecule is CCc1onc(C)c1[C@@H]1CCCN1C(=O)NCC(=O)OC. The molecule has 1 aliphatic rings. The van der Waals surface area contributed by atoms with Gasteiger partial charge in [-0.25, -0.2) is 4.79 Å². The number of esters is 1. The summed E-state index contributed by atoms with van der Waals surface area (Å²) in [5.41, 5.74) is 1.83. The number of nitrogens with one attached hydrogen (secondary N) is 1. The van der Waals surface area contributed by atoms with E-state index < -0.39 is 5.97 Å². The average Bonchev–Trinajstić information content (AvgIpc) is 3.09. The van der Waals surface area contributed by atoms with Crippen LogP contribution >= 0.6 is 0 Å². The number of amides is 2. The van der Waals surface area contributed by atoms with Crippen molar-refractivity contribution in [1.29, 1.82) is 0 Å². The van der Waals surface area contributed by atoms with Gasteiger partial charge in [-0.05, 0) is 19.8 Å². The quantitative estimate of drug-likeness (QED) is 0.852. The van der Waals surface area contributed by atoms with E-state index in [4.69, 9.17) is 4.52 Å². The van der Waals surface area contributed by atoms with Gasteiger partial charge >= 0.3 is 12.0 Å². The molecule has 1 aliphatic heterocycles. The monoisotopic (exact) mass is 295 g/mol. The van der Waals surface area contributed by atoms with Gasteiger partial charge in [0.2, 0.25) is 0 Å². The predicted octanol–water partition coefficient (Wildman–Crippen LogP) is 1.56. The lowest BCUT2D eigenvalue weighted by atomic mass is 10.0. The summed E-state index contributed by atoms with van der Waals surface area (Å²) >= 11 is 0. The first-order chi connectivity index (χ1) is 10.1. The first-order valence-corrected chi connectivity index (χ1v) is 7.14. The largest absolute Gasteiger partial charge is 0.468 e. The Morgan fingerprint density at radius 2 is 2.29 bits per heavy atom. The number of aromatic nitrogens is 1. The van der Waals surface area contributed by atoms with Gasteiger partial charge in [0.25, 0.3) is 0 Å².